The van der Waals surface area contributed by atoms with Crippen LogP contribution in [-0.4, -0.2) is 23.9 Å². The number of hydrogen-bond donors (Lipinski definition) is 1. The second kappa shape index (κ2) is 4.86. The summed E-state index contributed by atoms with van der Waals surface area (Å²) in [6.45, 7) is 3.07. The number of carbonyl (C=O) groups excluding carboxylic acids is 2. The Bertz CT molecular complexity index is 513. The molecule has 1 aromatic rings. The maximum Gasteiger partial charge on any atom is 0.242 e. The van der Waals surface area contributed by atoms with E-state index in [1.807, 2.05) is 0 Å². The number of hydrogen-bond acceptors (Lipinski definition) is 4. The largest absolute Gasteiger partial charge is 0.454 e. The van der Waals surface area contributed by atoms with Crippen molar-refractivity contribution in [1.82, 2.24) is 0 Å². The Kier molecular flexibility index (Phi) is 3.43. The van der Waals surface area contributed by atoms with Gasteiger partial charge in [-0.2, -0.15) is 0 Å². The molecule has 1 N–H and O–H groups in total. The number of benzene rings is 1. The fourth-order valence-corrected chi connectivity index (χ4v) is 1.62. The van der Waals surface area contributed by atoms with Gasteiger partial charge in [-0.15, -0.1) is 11.6 Å². The third kappa shape index (κ3) is 2.41. The van der Waals surface area contributed by atoms with Gasteiger partial charge in [0.05, 0.1) is 5.69 Å². The van der Waals surface area contributed by atoms with Crippen molar-refractivity contribution in [1.29, 1.82) is 0 Å². The number of fused-ring (bicyclic) bond motifs is 1. The lowest BCUT2D eigenvalue weighted by Crippen LogP contribution is -2.21. The van der Waals surface area contributed by atoms with Crippen LogP contribution in [0, 0.1) is 0 Å². The number of amides is 1. The van der Waals surface area contributed by atoms with E-state index in [-0.39, 0.29) is 18.5 Å². The Labute approximate surface area is 109 Å². The zero-order valence-corrected chi connectivity index (χ0v) is 10.7. The molecule has 1 unspecified atom stereocenters. The van der Waals surface area contributed by atoms with Crippen LogP contribution in [0.3, 0.4) is 0 Å². The van der Waals surface area contributed by atoms with E-state index in [1.165, 1.54) is 6.92 Å². The van der Waals surface area contributed by atoms with Gasteiger partial charge >= 0.3 is 0 Å². The van der Waals surface area contributed by atoms with E-state index in [2.05, 4.69) is 5.32 Å². The number of alkyl halides is 1. The van der Waals surface area contributed by atoms with Gasteiger partial charge in [-0.25, -0.2) is 0 Å². The maximum atomic E-state index is 11.6. The molecule has 0 saturated heterocycles. The highest BCUT2D eigenvalue weighted by Gasteiger charge is 2.21. The van der Waals surface area contributed by atoms with Crippen LogP contribution in [0.25, 0.3) is 0 Å². The van der Waals surface area contributed by atoms with Crippen LogP contribution in [0.5, 0.6) is 11.5 Å². The first-order valence-corrected chi connectivity index (χ1v) is 5.82. The fourth-order valence-electron chi connectivity index (χ4n) is 1.57. The summed E-state index contributed by atoms with van der Waals surface area (Å²) in [6.07, 6.45) is 0. The molecule has 5 nitrogen and oxygen atoms in total. The molecule has 18 heavy (non-hydrogen) atoms. The fraction of sp³-hybridized carbons (Fsp3) is 0.333. The number of ketones is 1. The molecule has 1 heterocycles. The highest BCUT2D eigenvalue weighted by Crippen LogP contribution is 2.37. The van der Waals surface area contributed by atoms with Crippen molar-refractivity contribution in [2.45, 2.75) is 19.2 Å². The minimum atomic E-state index is -0.685. The number of carbonyl (C=O) groups is 2. The van der Waals surface area contributed by atoms with Gasteiger partial charge in [-0.1, -0.05) is 0 Å². The van der Waals surface area contributed by atoms with Crippen molar-refractivity contribution < 1.29 is 19.1 Å². The van der Waals surface area contributed by atoms with Gasteiger partial charge in [0.25, 0.3) is 0 Å². The molecule has 96 valence electrons. The summed E-state index contributed by atoms with van der Waals surface area (Å²) < 4.78 is 10.4. The SMILES string of the molecule is CC(=O)c1cc2c(cc1NC(=O)C(C)Cl)OCO2. The van der Waals surface area contributed by atoms with Crippen LogP contribution in [-0.2, 0) is 4.79 Å². The molecule has 0 fully saturated rings. The Morgan fingerprint density at radius 3 is 2.50 bits per heavy atom. The number of anilines is 1. The summed E-state index contributed by atoms with van der Waals surface area (Å²) in [4.78, 5) is 23.1. The summed E-state index contributed by atoms with van der Waals surface area (Å²) in [5.41, 5.74) is 0.745. The maximum absolute atomic E-state index is 11.6. The van der Waals surface area contributed by atoms with Gasteiger partial charge < -0.3 is 14.8 Å². The smallest absolute Gasteiger partial charge is 0.242 e. The highest BCUT2D eigenvalue weighted by atomic mass is 35.5. The highest BCUT2D eigenvalue weighted by molar-refractivity contribution is 6.32. The predicted molar refractivity (Wildman–Crippen MR) is 66.5 cm³/mol. The Balaban J connectivity index is 2.38. The van der Waals surface area contributed by atoms with E-state index in [9.17, 15) is 9.59 Å². The summed E-state index contributed by atoms with van der Waals surface area (Å²) >= 11 is 5.67. The lowest BCUT2D eigenvalue weighted by molar-refractivity contribution is -0.115. The normalized spacial score (nSPS) is 14.2. The molecule has 0 saturated carbocycles. The van der Waals surface area contributed by atoms with Gasteiger partial charge in [-0.3, -0.25) is 9.59 Å². The molecule has 6 heteroatoms. The summed E-state index contributed by atoms with van der Waals surface area (Å²) in [7, 11) is 0. The van der Waals surface area contributed by atoms with Crippen molar-refractivity contribution in [3.8, 4) is 11.5 Å². The van der Waals surface area contributed by atoms with Crippen LogP contribution in [0.1, 0.15) is 24.2 Å². The Morgan fingerprint density at radius 1 is 1.33 bits per heavy atom. The average Bonchev–Trinajstić information content (AvgIpc) is 2.74. The molecule has 1 aromatic carbocycles. The summed E-state index contributed by atoms with van der Waals surface area (Å²) in [5, 5.41) is 1.91. The van der Waals surface area contributed by atoms with Crippen LogP contribution in [0.15, 0.2) is 12.1 Å². The molecule has 1 aliphatic rings. The molecule has 0 aromatic heterocycles. The third-order valence-electron chi connectivity index (χ3n) is 2.51. The number of rotatable bonds is 3. The molecule has 1 atom stereocenters. The minimum Gasteiger partial charge on any atom is -0.454 e. The Morgan fingerprint density at radius 2 is 1.94 bits per heavy atom. The molecular weight excluding hydrogens is 258 g/mol. The van der Waals surface area contributed by atoms with Crippen molar-refractivity contribution in [2.24, 2.45) is 0 Å². The summed E-state index contributed by atoms with van der Waals surface area (Å²) in [6, 6.07) is 3.12. The van der Waals surface area contributed by atoms with E-state index in [0.29, 0.717) is 22.7 Å². The van der Waals surface area contributed by atoms with Crippen molar-refractivity contribution in [3.05, 3.63) is 17.7 Å². The number of ether oxygens (including phenoxy) is 2. The van der Waals surface area contributed by atoms with Crippen molar-refractivity contribution in [3.63, 3.8) is 0 Å². The van der Waals surface area contributed by atoms with Gasteiger partial charge in [0, 0.05) is 11.6 Å². The van der Waals surface area contributed by atoms with E-state index >= 15 is 0 Å². The molecule has 0 aliphatic carbocycles. The first kappa shape index (κ1) is 12.7. The van der Waals surface area contributed by atoms with Crippen LogP contribution >= 0.6 is 11.6 Å². The van der Waals surface area contributed by atoms with E-state index < -0.39 is 5.38 Å². The second-order valence-electron chi connectivity index (χ2n) is 3.91. The lowest BCUT2D eigenvalue weighted by atomic mass is 10.1. The van der Waals surface area contributed by atoms with Gasteiger partial charge in [0.2, 0.25) is 12.7 Å². The zero-order chi connectivity index (χ0) is 13.3. The number of halogens is 1. The first-order valence-electron chi connectivity index (χ1n) is 5.38. The monoisotopic (exact) mass is 269 g/mol. The third-order valence-corrected chi connectivity index (χ3v) is 2.71. The van der Waals surface area contributed by atoms with Crippen molar-refractivity contribution in [2.75, 3.05) is 12.1 Å². The molecule has 1 aliphatic heterocycles. The molecule has 1 amide bonds. The number of Topliss-reactive ketones (excluding diaryl/α,β-unsaturated/α-hetero) is 1. The average molecular weight is 270 g/mol. The quantitative estimate of drug-likeness (QED) is 0.675. The standard InChI is InChI=1S/C12H12ClNO4/c1-6(13)12(16)14-9-4-11-10(17-5-18-11)3-8(9)7(2)15/h3-4,6H,5H2,1-2H3,(H,14,16). The van der Waals surface area contributed by atoms with E-state index in [1.54, 1.807) is 19.1 Å². The molecule has 0 bridgehead atoms. The van der Waals surface area contributed by atoms with E-state index in [0.717, 1.165) is 0 Å². The predicted octanol–water partition coefficient (Wildman–Crippen LogP) is 2.18. The molecular formula is C12H12ClNO4. The van der Waals surface area contributed by atoms with Gasteiger partial charge in [0.1, 0.15) is 5.38 Å². The Hall–Kier alpha value is -1.75. The van der Waals surface area contributed by atoms with Crippen molar-refractivity contribution >= 4 is 29.0 Å². The molecule has 0 spiro atoms. The lowest BCUT2D eigenvalue weighted by Gasteiger charge is -2.11. The number of nitrogens with one attached hydrogen (secondary N) is 1. The van der Waals surface area contributed by atoms with Gasteiger partial charge in [-0.05, 0) is 19.9 Å². The zero-order valence-electron chi connectivity index (χ0n) is 9.95. The van der Waals surface area contributed by atoms with Crippen LogP contribution in [0.2, 0.25) is 0 Å². The van der Waals surface area contributed by atoms with Crippen LogP contribution < -0.4 is 14.8 Å². The van der Waals surface area contributed by atoms with Crippen LogP contribution in [0.4, 0.5) is 5.69 Å². The second-order valence-corrected chi connectivity index (χ2v) is 4.57. The van der Waals surface area contributed by atoms with E-state index in [4.69, 9.17) is 21.1 Å². The van der Waals surface area contributed by atoms with Gasteiger partial charge in [0.15, 0.2) is 17.3 Å². The topological polar surface area (TPSA) is 64.6 Å². The summed E-state index contributed by atoms with van der Waals surface area (Å²) in [5.74, 6) is 0.443. The minimum absolute atomic E-state index is 0.107. The first-order chi connectivity index (χ1) is 8.49. The molecule has 2 rings (SSSR count). The molecule has 0 radical (unpaired) electrons.